The molecule has 2 atom stereocenters. The molecule has 2 aliphatic heterocycles. The van der Waals surface area contributed by atoms with Gasteiger partial charge in [0.05, 0.1) is 28.1 Å². The normalized spacial score (nSPS) is 27.2. The van der Waals surface area contributed by atoms with Gasteiger partial charge in [-0.1, -0.05) is 49.0 Å². The van der Waals surface area contributed by atoms with Crippen molar-refractivity contribution in [3.8, 4) is 0 Å². The molecule has 4 rings (SSSR count). The molecule has 170 valence electrons. The van der Waals surface area contributed by atoms with Gasteiger partial charge in [-0.15, -0.1) is 0 Å². The number of hydrogen-bond donors (Lipinski definition) is 0. The van der Waals surface area contributed by atoms with E-state index >= 15 is 0 Å². The Labute approximate surface area is 188 Å². The summed E-state index contributed by atoms with van der Waals surface area (Å²) in [4.78, 5) is 18.2. The molecule has 0 bridgehead atoms. The van der Waals surface area contributed by atoms with Crippen molar-refractivity contribution in [1.29, 1.82) is 0 Å². The SMILES string of the molecule is O=C(CCC1CCCC1)N=C1S[C@H]2CS(=O)(=O)C[C@H]2N1c1ccc(Cl)c(C(F)(F)F)c1. The summed E-state index contributed by atoms with van der Waals surface area (Å²) in [5.41, 5.74) is -0.871. The molecule has 3 aliphatic rings. The molecule has 3 fully saturated rings. The molecule has 2 heterocycles. The number of sulfone groups is 1. The third kappa shape index (κ3) is 5.06. The van der Waals surface area contributed by atoms with Gasteiger partial charge < -0.3 is 4.90 Å². The van der Waals surface area contributed by atoms with Crippen LogP contribution in [-0.2, 0) is 20.8 Å². The molecule has 1 amide bonds. The quantitative estimate of drug-likeness (QED) is 0.593. The lowest BCUT2D eigenvalue weighted by Gasteiger charge is -2.25. The Hall–Kier alpha value is -1.26. The average molecular weight is 495 g/mol. The standard InChI is InChI=1S/C20H22ClF3N2O3S2/c21-15-7-6-13(9-14(15)20(22,23)24)26-16-10-31(28,29)11-17(16)30-19(26)25-18(27)8-5-12-3-1-2-4-12/h6-7,9,12,16-17H,1-5,8,10-11H2/t16-,17+/m1/s1. The number of carbonyl (C=O) groups excluding carboxylic acids is 1. The number of aliphatic imine (C=N–C) groups is 1. The number of benzene rings is 1. The van der Waals surface area contributed by atoms with Crippen LogP contribution in [0.4, 0.5) is 18.9 Å². The monoisotopic (exact) mass is 494 g/mol. The highest BCUT2D eigenvalue weighted by Gasteiger charge is 2.49. The zero-order valence-electron chi connectivity index (χ0n) is 16.6. The van der Waals surface area contributed by atoms with E-state index in [1.165, 1.54) is 23.8 Å². The van der Waals surface area contributed by atoms with Crippen LogP contribution >= 0.6 is 23.4 Å². The summed E-state index contributed by atoms with van der Waals surface area (Å²) < 4.78 is 64.4. The first-order valence-electron chi connectivity index (χ1n) is 10.2. The molecule has 31 heavy (non-hydrogen) atoms. The number of nitrogens with zero attached hydrogens (tertiary/aromatic N) is 2. The van der Waals surface area contributed by atoms with E-state index in [4.69, 9.17) is 11.6 Å². The number of hydrogen-bond acceptors (Lipinski definition) is 4. The van der Waals surface area contributed by atoms with Crippen LogP contribution < -0.4 is 4.90 Å². The van der Waals surface area contributed by atoms with E-state index in [2.05, 4.69) is 4.99 Å². The summed E-state index contributed by atoms with van der Waals surface area (Å²) >= 11 is 6.90. The summed E-state index contributed by atoms with van der Waals surface area (Å²) in [5.74, 6) is -0.0866. The maximum absolute atomic E-state index is 13.4. The maximum Gasteiger partial charge on any atom is 0.417 e. The molecule has 1 aromatic carbocycles. The Morgan fingerprint density at radius 1 is 1.23 bits per heavy atom. The second-order valence-electron chi connectivity index (χ2n) is 8.31. The molecule has 1 aliphatic carbocycles. The summed E-state index contributed by atoms with van der Waals surface area (Å²) in [6, 6.07) is 2.87. The van der Waals surface area contributed by atoms with E-state index in [0.717, 1.165) is 43.2 Å². The van der Waals surface area contributed by atoms with Crippen molar-refractivity contribution in [2.24, 2.45) is 10.9 Å². The number of amides is 1. The number of rotatable bonds is 4. The van der Waals surface area contributed by atoms with Crippen molar-refractivity contribution in [3.05, 3.63) is 28.8 Å². The molecular weight excluding hydrogens is 473 g/mol. The predicted molar refractivity (Wildman–Crippen MR) is 116 cm³/mol. The first kappa shape index (κ1) is 22.9. The lowest BCUT2D eigenvalue weighted by atomic mass is 10.0. The summed E-state index contributed by atoms with van der Waals surface area (Å²) in [5, 5.41) is -0.557. The molecule has 0 radical (unpaired) electrons. The summed E-state index contributed by atoms with van der Waals surface area (Å²) in [6.07, 6.45) is 0.941. The molecule has 1 aromatic rings. The summed E-state index contributed by atoms with van der Waals surface area (Å²) in [7, 11) is -3.32. The van der Waals surface area contributed by atoms with E-state index in [-0.39, 0.29) is 39.9 Å². The Morgan fingerprint density at radius 2 is 1.94 bits per heavy atom. The highest BCUT2D eigenvalue weighted by atomic mass is 35.5. The van der Waals surface area contributed by atoms with Crippen molar-refractivity contribution in [2.75, 3.05) is 16.4 Å². The van der Waals surface area contributed by atoms with E-state index < -0.39 is 32.6 Å². The lowest BCUT2D eigenvalue weighted by molar-refractivity contribution is -0.137. The third-order valence-corrected chi connectivity index (χ3v) is 9.60. The van der Waals surface area contributed by atoms with Crippen LogP contribution in [0.25, 0.3) is 0 Å². The Morgan fingerprint density at radius 3 is 2.61 bits per heavy atom. The number of amidine groups is 1. The van der Waals surface area contributed by atoms with E-state index in [9.17, 15) is 26.4 Å². The van der Waals surface area contributed by atoms with Gasteiger partial charge in [0, 0.05) is 17.4 Å². The fourth-order valence-corrected chi connectivity index (χ4v) is 8.69. The van der Waals surface area contributed by atoms with Crippen molar-refractivity contribution in [1.82, 2.24) is 0 Å². The Balaban J connectivity index is 1.63. The molecule has 11 heteroatoms. The molecule has 5 nitrogen and oxygen atoms in total. The van der Waals surface area contributed by atoms with Crippen LogP contribution in [-0.4, -0.2) is 42.3 Å². The topological polar surface area (TPSA) is 66.8 Å². The van der Waals surface area contributed by atoms with Crippen LogP contribution in [0.5, 0.6) is 0 Å². The molecule has 0 unspecified atom stereocenters. The van der Waals surface area contributed by atoms with Gasteiger partial charge in [-0.05, 0) is 30.5 Å². The highest BCUT2D eigenvalue weighted by molar-refractivity contribution is 8.16. The smallest absolute Gasteiger partial charge is 0.316 e. The fraction of sp³-hybridized carbons (Fsp3) is 0.600. The van der Waals surface area contributed by atoms with Crippen LogP contribution in [0.15, 0.2) is 23.2 Å². The minimum Gasteiger partial charge on any atom is -0.316 e. The van der Waals surface area contributed by atoms with Gasteiger partial charge in [-0.3, -0.25) is 4.79 Å². The Bertz CT molecular complexity index is 1010. The molecule has 0 spiro atoms. The first-order chi connectivity index (χ1) is 14.5. The van der Waals surface area contributed by atoms with E-state index in [1.807, 2.05) is 0 Å². The number of halogens is 4. The largest absolute Gasteiger partial charge is 0.417 e. The molecular formula is C20H22ClF3N2O3S2. The van der Waals surface area contributed by atoms with Crippen LogP contribution in [0.3, 0.4) is 0 Å². The van der Waals surface area contributed by atoms with Crippen LogP contribution in [0.2, 0.25) is 5.02 Å². The average Bonchev–Trinajstić information content (AvgIpc) is 3.34. The number of alkyl halides is 3. The third-order valence-electron chi connectivity index (χ3n) is 6.06. The minimum absolute atomic E-state index is 0.0894. The fourth-order valence-electron chi connectivity index (χ4n) is 4.54. The number of anilines is 1. The van der Waals surface area contributed by atoms with Gasteiger partial charge in [0.25, 0.3) is 0 Å². The molecule has 0 aromatic heterocycles. The van der Waals surface area contributed by atoms with Gasteiger partial charge in [-0.25, -0.2) is 8.42 Å². The summed E-state index contributed by atoms with van der Waals surface area (Å²) in [6.45, 7) is 0. The van der Waals surface area contributed by atoms with Crippen LogP contribution in [0.1, 0.15) is 44.1 Å². The first-order valence-corrected chi connectivity index (χ1v) is 13.3. The molecule has 1 saturated carbocycles. The zero-order valence-corrected chi connectivity index (χ0v) is 19.0. The predicted octanol–water partition coefficient (Wildman–Crippen LogP) is 4.93. The van der Waals surface area contributed by atoms with Gasteiger partial charge in [0.2, 0.25) is 5.91 Å². The highest BCUT2D eigenvalue weighted by Crippen LogP contribution is 2.43. The van der Waals surface area contributed by atoms with Crippen molar-refractivity contribution < 1.29 is 26.4 Å². The number of thioether (sulfide) groups is 1. The van der Waals surface area contributed by atoms with Crippen molar-refractivity contribution in [2.45, 2.75) is 56.0 Å². The second-order valence-corrected chi connectivity index (χ2v) is 12.1. The number of fused-ring (bicyclic) bond motifs is 1. The lowest BCUT2D eigenvalue weighted by Crippen LogP contribution is -2.37. The maximum atomic E-state index is 13.4. The van der Waals surface area contributed by atoms with Gasteiger partial charge in [0.1, 0.15) is 0 Å². The second kappa shape index (κ2) is 8.59. The van der Waals surface area contributed by atoms with Crippen LogP contribution in [0, 0.1) is 5.92 Å². The van der Waals surface area contributed by atoms with Gasteiger partial charge in [-0.2, -0.15) is 18.2 Å². The zero-order chi connectivity index (χ0) is 22.4. The van der Waals surface area contributed by atoms with Gasteiger partial charge >= 0.3 is 6.18 Å². The van der Waals surface area contributed by atoms with Gasteiger partial charge in [0.15, 0.2) is 15.0 Å². The minimum atomic E-state index is -4.66. The van der Waals surface area contributed by atoms with Crippen molar-refractivity contribution >= 4 is 50.0 Å². The molecule has 2 saturated heterocycles. The van der Waals surface area contributed by atoms with Crippen molar-refractivity contribution in [3.63, 3.8) is 0 Å². The van der Waals surface area contributed by atoms with E-state index in [0.29, 0.717) is 5.92 Å². The molecule has 0 N–H and O–H groups in total. The van der Waals surface area contributed by atoms with E-state index in [1.54, 1.807) is 0 Å². The number of carbonyl (C=O) groups is 1. The Kier molecular flexibility index (Phi) is 6.35.